The molecule has 0 spiro atoms. The highest BCUT2D eigenvalue weighted by atomic mass is 28.4. The summed E-state index contributed by atoms with van der Waals surface area (Å²) in [4.78, 5) is 0. The van der Waals surface area contributed by atoms with Gasteiger partial charge in [0.2, 0.25) is 0 Å². The SMILES string of the molecule is C[C@@H]1O[C@@H](O)[C@@H](O)[C@H](O[Si](c2ccccc2)(c2ccccc2)C(C)(C)C)[C@@H]1O. The van der Waals surface area contributed by atoms with Crippen molar-refractivity contribution in [2.75, 3.05) is 0 Å². The maximum Gasteiger partial charge on any atom is 0.261 e. The molecule has 1 aliphatic rings. The van der Waals surface area contributed by atoms with E-state index in [0.717, 1.165) is 10.4 Å². The van der Waals surface area contributed by atoms with Crippen LogP contribution in [-0.2, 0) is 9.16 Å². The number of benzene rings is 2. The summed E-state index contributed by atoms with van der Waals surface area (Å²) < 4.78 is 12.0. The average molecular weight is 403 g/mol. The molecular formula is C22H30O5Si. The van der Waals surface area contributed by atoms with E-state index in [2.05, 4.69) is 20.8 Å². The Balaban J connectivity index is 2.19. The number of ether oxygens (including phenoxy) is 1. The van der Waals surface area contributed by atoms with Gasteiger partial charge >= 0.3 is 0 Å². The average Bonchev–Trinajstić information content (AvgIpc) is 2.67. The molecule has 5 nitrogen and oxygen atoms in total. The van der Waals surface area contributed by atoms with E-state index >= 15 is 0 Å². The summed E-state index contributed by atoms with van der Waals surface area (Å²) in [7, 11) is -2.97. The van der Waals surface area contributed by atoms with E-state index in [4.69, 9.17) is 9.16 Å². The van der Waals surface area contributed by atoms with Crippen LogP contribution >= 0.6 is 0 Å². The standard InChI is InChI=1S/C22H30O5Si/c1-15-18(23)20(19(24)21(25)26-15)27-28(22(2,3)4,16-11-7-5-8-12-16)17-13-9-6-10-14-17/h5-15,18-21,23-25H,1-4H3/t15-,18+,19-,20+,21+/m0/s1. The lowest BCUT2D eigenvalue weighted by atomic mass is 10.0. The van der Waals surface area contributed by atoms with Gasteiger partial charge in [0.05, 0.1) is 6.10 Å². The predicted molar refractivity (Wildman–Crippen MR) is 111 cm³/mol. The first kappa shape index (κ1) is 21.2. The second-order valence-electron chi connectivity index (χ2n) is 8.46. The molecule has 0 aliphatic carbocycles. The summed E-state index contributed by atoms with van der Waals surface area (Å²) in [6.07, 6.45) is -5.42. The lowest BCUT2D eigenvalue weighted by molar-refractivity contribution is -0.274. The number of hydrogen-bond donors (Lipinski definition) is 3. The molecule has 6 heteroatoms. The fourth-order valence-electron chi connectivity index (χ4n) is 4.05. The normalized spacial score (nSPS) is 28.9. The van der Waals surface area contributed by atoms with E-state index in [1.54, 1.807) is 6.92 Å². The zero-order valence-corrected chi connectivity index (χ0v) is 17.8. The first-order valence-electron chi connectivity index (χ1n) is 9.67. The third kappa shape index (κ3) is 3.68. The van der Waals surface area contributed by atoms with Gasteiger partial charge in [-0.15, -0.1) is 0 Å². The Hall–Kier alpha value is -1.54. The maximum absolute atomic E-state index is 10.7. The third-order valence-electron chi connectivity index (χ3n) is 5.53. The Morgan fingerprint density at radius 2 is 1.29 bits per heavy atom. The fraction of sp³-hybridized carbons (Fsp3) is 0.455. The smallest absolute Gasteiger partial charge is 0.261 e. The quantitative estimate of drug-likeness (QED) is 0.674. The molecule has 3 rings (SSSR count). The van der Waals surface area contributed by atoms with Gasteiger partial charge in [-0.3, -0.25) is 0 Å². The van der Waals surface area contributed by atoms with Crippen LogP contribution in [0.4, 0.5) is 0 Å². The van der Waals surface area contributed by atoms with Crippen LogP contribution in [-0.4, -0.2) is 54.3 Å². The molecule has 2 aromatic rings. The minimum atomic E-state index is -2.97. The Bertz CT molecular complexity index is 708. The van der Waals surface area contributed by atoms with Gasteiger partial charge in [-0.25, -0.2) is 0 Å². The Morgan fingerprint density at radius 1 is 0.821 bits per heavy atom. The highest BCUT2D eigenvalue weighted by molar-refractivity contribution is 6.99. The van der Waals surface area contributed by atoms with Crippen LogP contribution in [0.2, 0.25) is 5.04 Å². The van der Waals surface area contributed by atoms with Gasteiger partial charge in [-0.1, -0.05) is 81.4 Å². The first-order valence-corrected chi connectivity index (χ1v) is 11.6. The number of aliphatic hydroxyl groups excluding tert-OH is 3. The minimum Gasteiger partial charge on any atom is -0.399 e. The highest BCUT2D eigenvalue weighted by Gasteiger charge is 2.55. The van der Waals surface area contributed by atoms with Crippen LogP contribution in [0.1, 0.15) is 27.7 Å². The summed E-state index contributed by atoms with van der Waals surface area (Å²) in [5.74, 6) is 0. The minimum absolute atomic E-state index is 0.304. The number of rotatable bonds is 4. The number of hydrogen-bond acceptors (Lipinski definition) is 5. The second kappa shape index (κ2) is 8.06. The summed E-state index contributed by atoms with van der Waals surface area (Å²) in [5.41, 5.74) is 0. The van der Waals surface area contributed by atoms with E-state index in [-0.39, 0.29) is 5.04 Å². The van der Waals surface area contributed by atoms with Gasteiger partial charge < -0.3 is 24.5 Å². The molecular weight excluding hydrogens is 372 g/mol. The molecule has 0 radical (unpaired) electrons. The van der Waals surface area contributed by atoms with Crippen molar-refractivity contribution in [2.24, 2.45) is 0 Å². The van der Waals surface area contributed by atoms with Crippen LogP contribution in [0.3, 0.4) is 0 Å². The molecule has 1 fully saturated rings. The molecule has 0 aromatic heterocycles. The van der Waals surface area contributed by atoms with Crippen molar-refractivity contribution in [3.05, 3.63) is 60.7 Å². The van der Waals surface area contributed by atoms with Crippen molar-refractivity contribution in [1.82, 2.24) is 0 Å². The van der Waals surface area contributed by atoms with Crippen LogP contribution in [0.25, 0.3) is 0 Å². The van der Waals surface area contributed by atoms with Crippen LogP contribution in [0.5, 0.6) is 0 Å². The van der Waals surface area contributed by atoms with E-state index in [1.807, 2.05) is 60.7 Å². The molecule has 5 atom stereocenters. The van der Waals surface area contributed by atoms with E-state index < -0.39 is 39.0 Å². The summed E-state index contributed by atoms with van der Waals surface area (Å²) in [6, 6.07) is 20.0. The molecule has 0 bridgehead atoms. The zero-order chi connectivity index (χ0) is 20.5. The lowest BCUT2D eigenvalue weighted by Gasteiger charge is -2.49. The Labute approximate surface area is 167 Å². The van der Waals surface area contributed by atoms with Crippen LogP contribution in [0.15, 0.2) is 60.7 Å². The Kier molecular flexibility index (Phi) is 6.10. The van der Waals surface area contributed by atoms with Crippen LogP contribution in [0, 0.1) is 0 Å². The van der Waals surface area contributed by atoms with Crippen molar-refractivity contribution in [3.63, 3.8) is 0 Å². The van der Waals surface area contributed by atoms with Crippen LogP contribution < -0.4 is 10.4 Å². The van der Waals surface area contributed by atoms with Crippen molar-refractivity contribution >= 4 is 18.7 Å². The predicted octanol–water partition coefficient (Wildman–Crippen LogP) is 1.39. The molecule has 1 aliphatic heterocycles. The summed E-state index contributed by atoms with van der Waals surface area (Å²) in [5, 5.41) is 33.3. The zero-order valence-electron chi connectivity index (χ0n) is 16.8. The largest absolute Gasteiger partial charge is 0.399 e. The molecule has 3 N–H and O–H groups in total. The molecule has 0 saturated carbocycles. The van der Waals surface area contributed by atoms with Gasteiger partial charge in [0.1, 0.15) is 18.3 Å². The van der Waals surface area contributed by atoms with Gasteiger partial charge in [0.15, 0.2) is 6.29 Å². The second-order valence-corrected chi connectivity index (χ2v) is 12.7. The van der Waals surface area contributed by atoms with Gasteiger partial charge in [0.25, 0.3) is 8.32 Å². The van der Waals surface area contributed by atoms with Crippen molar-refractivity contribution in [3.8, 4) is 0 Å². The fourth-order valence-corrected chi connectivity index (χ4v) is 8.75. The van der Waals surface area contributed by atoms with Gasteiger partial charge in [-0.05, 0) is 22.3 Å². The van der Waals surface area contributed by atoms with Crippen molar-refractivity contribution in [1.29, 1.82) is 0 Å². The molecule has 1 heterocycles. The van der Waals surface area contributed by atoms with Gasteiger partial charge in [0, 0.05) is 0 Å². The monoisotopic (exact) mass is 402 g/mol. The number of aliphatic hydroxyl groups is 3. The molecule has 28 heavy (non-hydrogen) atoms. The summed E-state index contributed by atoms with van der Waals surface area (Å²) in [6.45, 7) is 8.03. The van der Waals surface area contributed by atoms with Crippen molar-refractivity contribution in [2.45, 2.75) is 63.4 Å². The molecule has 1 saturated heterocycles. The van der Waals surface area contributed by atoms with Crippen molar-refractivity contribution < 1.29 is 24.5 Å². The van der Waals surface area contributed by atoms with E-state index in [0.29, 0.717) is 0 Å². The highest BCUT2D eigenvalue weighted by Crippen LogP contribution is 2.39. The summed E-state index contributed by atoms with van der Waals surface area (Å²) >= 11 is 0. The third-order valence-corrected chi connectivity index (χ3v) is 10.6. The van der Waals surface area contributed by atoms with Gasteiger partial charge in [-0.2, -0.15) is 0 Å². The van der Waals surface area contributed by atoms with E-state index in [9.17, 15) is 15.3 Å². The molecule has 152 valence electrons. The molecule has 0 unspecified atom stereocenters. The molecule has 2 aromatic carbocycles. The lowest BCUT2D eigenvalue weighted by Crippen LogP contribution is -2.71. The van der Waals surface area contributed by atoms with E-state index in [1.165, 1.54) is 0 Å². The Morgan fingerprint density at radius 3 is 1.71 bits per heavy atom. The maximum atomic E-state index is 10.7. The first-order chi connectivity index (χ1) is 13.2. The topological polar surface area (TPSA) is 79.2 Å². The molecule has 0 amide bonds.